The van der Waals surface area contributed by atoms with Crippen molar-refractivity contribution in [2.24, 2.45) is 0 Å². The third kappa shape index (κ3) is 4.29. The third-order valence-corrected chi connectivity index (χ3v) is 4.08. The standard InChI is InChI=1S/C16H26N2O/c1-13-7-6-9-17-16(13)12-18-10-5-3-4-8-15(18)11-14(2)19/h6-7,9,14-15,19H,3-5,8,10-12H2,1-2H3. The molecule has 0 spiro atoms. The third-order valence-electron chi connectivity index (χ3n) is 4.08. The van der Waals surface area contributed by atoms with E-state index in [9.17, 15) is 5.11 Å². The number of pyridine rings is 1. The average Bonchev–Trinajstić information content (AvgIpc) is 2.58. The van der Waals surface area contributed by atoms with Gasteiger partial charge in [0.05, 0.1) is 11.8 Å². The second-order valence-electron chi connectivity index (χ2n) is 5.83. The van der Waals surface area contributed by atoms with Crippen molar-refractivity contribution in [1.29, 1.82) is 0 Å². The monoisotopic (exact) mass is 262 g/mol. The van der Waals surface area contributed by atoms with Crippen LogP contribution in [0, 0.1) is 6.92 Å². The normalized spacial score (nSPS) is 23.0. The fourth-order valence-electron chi connectivity index (χ4n) is 2.98. The van der Waals surface area contributed by atoms with Gasteiger partial charge >= 0.3 is 0 Å². The molecule has 0 radical (unpaired) electrons. The van der Waals surface area contributed by atoms with Crippen molar-refractivity contribution in [3.63, 3.8) is 0 Å². The van der Waals surface area contributed by atoms with Gasteiger partial charge < -0.3 is 5.11 Å². The van der Waals surface area contributed by atoms with Gasteiger partial charge in [0.25, 0.3) is 0 Å². The van der Waals surface area contributed by atoms with Gasteiger partial charge in [-0.15, -0.1) is 0 Å². The van der Waals surface area contributed by atoms with Gasteiger partial charge in [-0.1, -0.05) is 18.9 Å². The highest BCUT2D eigenvalue weighted by molar-refractivity contribution is 5.17. The molecule has 0 aromatic carbocycles. The van der Waals surface area contributed by atoms with Crippen LogP contribution in [0.1, 0.15) is 50.3 Å². The number of nitrogens with zero attached hydrogens (tertiary/aromatic N) is 2. The van der Waals surface area contributed by atoms with E-state index in [1.54, 1.807) is 0 Å². The Balaban J connectivity index is 2.07. The Hall–Kier alpha value is -0.930. The first-order valence-corrected chi connectivity index (χ1v) is 7.49. The van der Waals surface area contributed by atoms with Crippen LogP contribution < -0.4 is 0 Å². The van der Waals surface area contributed by atoms with E-state index in [0.717, 1.165) is 19.5 Å². The van der Waals surface area contributed by atoms with Crippen LogP contribution in [0.5, 0.6) is 0 Å². The summed E-state index contributed by atoms with van der Waals surface area (Å²) in [5.74, 6) is 0. The van der Waals surface area contributed by atoms with Gasteiger partial charge in [-0.25, -0.2) is 0 Å². The average molecular weight is 262 g/mol. The minimum absolute atomic E-state index is 0.213. The van der Waals surface area contributed by atoms with Crippen molar-refractivity contribution < 1.29 is 5.11 Å². The molecule has 3 nitrogen and oxygen atoms in total. The first-order valence-electron chi connectivity index (χ1n) is 7.49. The fourth-order valence-corrected chi connectivity index (χ4v) is 2.98. The molecular weight excluding hydrogens is 236 g/mol. The number of aliphatic hydroxyl groups excluding tert-OH is 1. The van der Waals surface area contributed by atoms with Crippen LogP contribution >= 0.6 is 0 Å². The summed E-state index contributed by atoms with van der Waals surface area (Å²) in [7, 11) is 0. The minimum Gasteiger partial charge on any atom is -0.393 e. The van der Waals surface area contributed by atoms with Gasteiger partial charge in [-0.3, -0.25) is 9.88 Å². The SMILES string of the molecule is Cc1cccnc1CN1CCCCCC1CC(C)O. The van der Waals surface area contributed by atoms with Gasteiger partial charge in [0.15, 0.2) is 0 Å². The molecule has 0 amide bonds. The lowest BCUT2D eigenvalue weighted by molar-refractivity contribution is 0.107. The van der Waals surface area contributed by atoms with Crippen LogP contribution in [0.4, 0.5) is 0 Å². The number of aliphatic hydroxyl groups is 1. The summed E-state index contributed by atoms with van der Waals surface area (Å²) in [6, 6.07) is 4.63. The predicted molar refractivity (Wildman–Crippen MR) is 77.9 cm³/mol. The van der Waals surface area contributed by atoms with Gasteiger partial charge in [-0.05, 0) is 51.3 Å². The Morgan fingerprint density at radius 2 is 2.26 bits per heavy atom. The van der Waals surface area contributed by atoms with E-state index in [4.69, 9.17) is 0 Å². The summed E-state index contributed by atoms with van der Waals surface area (Å²) < 4.78 is 0. The van der Waals surface area contributed by atoms with Crippen LogP contribution in [0.2, 0.25) is 0 Å². The Bertz CT molecular complexity index is 392. The topological polar surface area (TPSA) is 36.4 Å². The number of hydrogen-bond acceptors (Lipinski definition) is 3. The van der Waals surface area contributed by atoms with Gasteiger partial charge in [-0.2, -0.15) is 0 Å². The molecule has 1 aliphatic rings. The fraction of sp³-hybridized carbons (Fsp3) is 0.688. The Kier molecular flexibility index (Phi) is 5.34. The number of hydrogen-bond donors (Lipinski definition) is 1. The largest absolute Gasteiger partial charge is 0.393 e. The lowest BCUT2D eigenvalue weighted by Gasteiger charge is -2.30. The van der Waals surface area contributed by atoms with E-state index < -0.39 is 0 Å². The zero-order valence-corrected chi connectivity index (χ0v) is 12.2. The van der Waals surface area contributed by atoms with Crippen molar-refractivity contribution in [3.8, 4) is 0 Å². The minimum atomic E-state index is -0.213. The summed E-state index contributed by atoms with van der Waals surface area (Å²) >= 11 is 0. The molecule has 1 fully saturated rings. The Morgan fingerprint density at radius 1 is 1.42 bits per heavy atom. The smallest absolute Gasteiger partial charge is 0.0573 e. The van der Waals surface area contributed by atoms with Crippen molar-refractivity contribution in [3.05, 3.63) is 29.6 Å². The van der Waals surface area contributed by atoms with Gasteiger partial charge in [0.2, 0.25) is 0 Å². The number of aromatic nitrogens is 1. The lowest BCUT2D eigenvalue weighted by atomic mass is 10.0. The molecule has 0 saturated carbocycles. The van der Waals surface area contributed by atoms with Crippen molar-refractivity contribution in [2.45, 2.75) is 64.6 Å². The Labute approximate surface area is 116 Å². The Morgan fingerprint density at radius 3 is 3.00 bits per heavy atom. The van der Waals surface area contributed by atoms with E-state index in [1.807, 2.05) is 19.2 Å². The maximum absolute atomic E-state index is 9.69. The van der Waals surface area contributed by atoms with E-state index in [2.05, 4.69) is 22.9 Å². The van der Waals surface area contributed by atoms with Crippen molar-refractivity contribution >= 4 is 0 Å². The van der Waals surface area contributed by atoms with Crippen LogP contribution in [-0.4, -0.2) is 33.7 Å². The zero-order valence-electron chi connectivity index (χ0n) is 12.2. The molecule has 106 valence electrons. The predicted octanol–water partition coefficient (Wildman–Crippen LogP) is 2.91. The second kappa shape index (κ2) is 7.01. The molecule has 1 saturated heterocycles. The summed E-state index contributed by atoms with van der Waals surface area (Å²) in [6.07, 6.45) is 7.62. The summed E-state index contributed by atoms with van der Waals surface area (Å²) in [4.78, 5) is 7.04. The molecule has 2 heterocycles. The van der Waals surface area contributed by atoms with Gasteiger partial charge in [0, 0.05) is 18.8 Å². The summed E-state index contributed by atoms with van der Waals surface area (Å²) in [5, 5.41) is 9.69. The maximum Gasteiger partial charge on any atom is 0.0573 e. The molecule has 0 bridgehead atoms. The molecule has 1 aliphatic heterocycles. The molecular formula is C16H26N2O. The molecule has 1 N–H and O–H groups in total. The molecule has 2 unspecified atom stereocenters. The summed E-state index contributed by atoms with van der Waals surface area (Å²) in [6.45, 7) is 6.08. The number of aryl methyl sites for hydroxylation is 1. The highest BCUT2D eigenvalue weighted by Crippen LogP contribution is 2.22. The van der Waals surface area contributed by atoms with Crippen molar-refractivity contribution in [1.82, 2.24) is 9.88 Å². The quantitative estimate of drug-likeness (QED) is 0.906. The molecule has 3 heteroatoms. The van der Waals surface area contributed by atoms with Crippen LogP contribution in [-0.2, 0) is 6.54 Å². The highest BCUT2D eigenvalue weighted by atomic mass is 16.3. The number of rotatable bonds is 4. The van der Waals surface area contributed by atoms with Crippen LogP contribution in [0.3, 0.4) is 0 Å². The second-order valence-corrected chi connectivity index (χ2v) is 5.83. The maximum atomic E-state index is 9.69. The van der Waals surface area contributed by atoms with Gasteiger partial charge in [0.1, 0.15) is 0 Å². The van der Waals surface area contributed by atoms with E-state index in [-0.39, 0.29) is 6.10 Å². The zero-order chi connectivity index (χ0) is 13.7. The highest BCUT2D eigenvalue weighted by Gasteiger charge is 2.23. The number of likely N-dealkylation sites (tertiary alicyclic amines) is 1. The molecule has 2 rings (SSSR count). The molecule has 1 aromatic heterocycles. The molecule has 2 atom stereocenters. The summed E-state index contributed by atoms with van der Waals surface area (Å²) in [5.41, 5.74) is 2.45. The molecule has 1 aromatic rings. The van der Waals surface area contributed by atoms with E-state index in [0.29, 0.717) is 6.04 Å². The van der Waals surface area contributed by atoms with E-state index >= 15 is 0 Å². The molecule has 19 heavy (non-hydrogen) atoms. The lowest BCUT2D eigenvalue weighted by Crippen LogP contribution is -2.36. The molecule has 0 aliphatic carbocycles. The first kappa shape index (κ1) is 14.5. The van der Waals surface area contributed by atoms with Crippen LogP contribution in [0.25, 0.3) is 0 Å². The van der Waals surface area contributed by atoms with Crippen molar-refractivity contribution in [2.75, 3.05) is 6.54 Å². The first-order chi connectivity index (χ1) is 9.16. The van der Waals surface area contributed by atoms with Crippen LogP contribution in [0.15, 0.2) is 18.3 Å². The van der Waals surface area contributed by atoms with E-state index in [1.165, 1.54) is 36.9 Å².